The van der Waals surface area contributed by atoms with E-state index < -0.39 is 12.0 Å². The Morgan fingerprint density at radius 3 is 1.89 bits per heavy atom. The van der Waals surface area contributed by atoms with Crippen molar-refractivity contribution in [1.29, 1.82) is 0 Å². The third-order valence-corrected chi connectivity index (χ3v) is 1.88. The Balaban J connectivity index is 2.51. The van der Waals surface area contributed by atoms with E-state index in [1.165, 1.54) is 0 Å². The van der Waals surface area contributed by atoms with Crippen LogP contribution in [-0.2, 0) is 0 Å². The predicted molar refractivity (Wildman–Crippen MR) is 29.4 cm³/mol. The van der Waals surface area contributed by atoms with Gasteiger partial charge in [-0.2, -0.15) is 0 Å². The molecule has 0 saturated heterocycles. The molecule has 1 rings (SSSR count). The molecule has 0 unspecified atom stereocenters. The maximum atomic E-state index is 11.9. The molecule has 0 aromatic heterocycles. The lowest BCUT2D eigenvalue weighted by molar-refractivity contribution is -0.0904. The van der Waals surface area contributed by atoms with Crippen LogP contribution in [0.2, 0.25) is 0 Å². The third-order valence-electron chi connectivity index (χ3n) is 1.88. The van der Waals surface area contributed by atoms with Crippen molar-refractivity contribution in [3.8, 4) is 0 Å². The van der Waals surface area contributed by atoms with Gasteiger partial charge < -0.3 is 5.11 Å². The van der Waals surface area contributed by atoms with Crippen LogP contribution in [0.4, 0.5) is 8.78 Å². The highest BCUT2D eigenvalue weighted by Crippen LogP contribution is 2.34. The van der Waals surface area contributed by atoms with Gasteiger partial charge in [-0.15, -0.1) is 0 Å². The molecule has 0 spiro atoms. The number of alkyl halides is 2. The molecule has 1 fully saturated rings. The molecule has 0 aromatic carbocycles. The fraction of sp³-hybridized carbons (Fsp3) is 1.00. The number of halogens is 2. The Kier molecular flexibility index (Phi) is 1.70. The molecule has 0 amide bonds. The van der Waals surface area contributed by atoms with E-state index in [-0.39, 0.29) is 12.8 Å². The van der Waals surface area contributed by atoms with E-state index in [1.54, 1.807) is 0 Å². The van der Waals surface area contributed by atoms with Crippen molar-refractivity contribution in [2.75, 3.05) is 0 Å². The van der Waals surface area contributed by atoms with E-state index in [4.69, 9.17) is 5.11 Å². The van der Waals surface area contributed by atoms with Crippen molar-refractivity contribution in [1.82, 2.24) is 0 Å². The standard InChI is InChI=1S/C6H10F2O/c7-5(8)6(9)3-1-2-4-6/h5,9H,1-4H2. The van der Waals surface area contributed by atoms with Gasteiger partial charge >= 0.3 is 0 Å². The first-order chi connectivity index (χ1) is 4.15. The monoisotopic (exact) mass is 136 g/mol. The molecule has 0 atom stereocenters. The van der Waals surface area contributed by atoms with E-state index >= 15 is 0 Å². The van der Waals surface area contributed by atoms with Gasteiger partial charge in [0.2, 0.25) is 0 Å². The van der Waals surface area contributed by atoms with Gasteiger partial charge in [0.05, 0.1) is 0 Å². The average Bonchev–Trinajstić information content (AvgIpc) is 2.16. The van der Waals surface area contributed by atoms with Crippen LogP contribution in [-0.4, -0.2) is 17.1 Å². The quantitative estimate of drug-likeness (QED) is 0.580. The fourth-order valence-corrected chi connectivity index (χ4v) is 1.21. The highest BCUT2D eigenvalue weighted by molar-refractivity contribution is 4.86. The Morgan fingerprint density at radius 2 is 1.67 bits per heavy atom. The van der Waals surface area contributed by atoms with Crippen molar-refractivity contribution in [3.05, 3.63) is 0 Å². The summed E-state index contributed by atoms with van der Waals surface area (Å²) in [7, 11) is 0. The number of rotatable bonds is 1. The van der Waals surface area contributed by atoms with Gasteiger partial charge in [-0.3, -0.25) is 0 Å². The summed E-state index contributed by atoms with van der Waals surface area (Å²) in [6, 6.07) is 0. The van der Waals surface area contributed by atoms with Gasteiger partial charge in [-0.25, -0.2) is 8.78 Å². The molecule has 1 aliphatic rings. The molecule has 1 aliphatic carbocycles. The van der Waals surface area contributed by atoms with E-state index in [2.05, 4.69) is 0 Å². The van der Waals surface area contributed by atoms with Gasteiger partial charge in [0.25, 0.3) is 6.43 Å². The summed E-state index contributed by atoms with van der Waals surface area (Å²) in [6.45, 7) is 0. The zero-order valence-electron chi connectivity index (χ0n) is 5.11. The lowest BCUT2D eigenvalue weighted by Crippen LogP contribution is -2.33. The Bertz CT molecular complexity index is 97.2. The molecule has 1 saturated carbocycles. The van der Waals surface area contributed by atoms with Crippen LogP contribution in [0.5, 0.6) is 0 Å². The van der Waals surface area contributed by atoms with Crippen LogP contribution in [0.1, 0.15) is 25.7 Å². The van der Waals surface area contributed by atoms with E-state index in [0.29, 0.717) is 0 Å². The second-order valence-electron chi connectivity index (χ2n) is 2.61. The number of hydrogen-bond acceptors (Lipinski definition) is 1. The third kappa shape index (κ3) is 1.21. The van der Waals surface area contributed by atoms with Gasteiger partial charge in [0.1, 0.15) is 5.60 Å². The van der Waals surface area contributed by atoms with Crippen molar-refractivity contribution < 1.29 is 13.9 Å². The first-order valence-electron chi connectivity index (χ1n) is 3.16. The average molecular weight is 136 g/mol. The largest absolute Gasteiger partial charge is 0.384 e. The molecule has 54 valence electrons. The molecular formula is C6H10F2O. The first-order valence-corrected chi connectivity index (χ1v) is 3.16. The molecule has 0 aromatic rings. The van der Waals surface area contributed by atoms with Crippen LogP contribution < -0.4 is 0 Å². The molecule has 0 radical (unpaired) electrons. The van der Waals surface area contributed by atoms with Crippen LogP contribution in [0.3, 0.4) is 0 Å². The minimum Gasteiger partial charge on any atom is -0.384 e. The predicted octanol–water partition coefficient (Wildman–Crippen LogP) is 1.56. The van der Waals surface area contributed by atoms with E-state index in [9.17, 15) is 8.78 Å². The molecule has 0 aliphatic heterocycles. The zero-order valence-corrected chi connectivity index (χ0v) is 5.11. The van der Waals surface area contributed by atoms with Crippen LogP contribution >= 0.6 is 0 Å². The second kappa shape index (κ2) is 2.21. The molecular weight excluding hydrogens is 126 g/mol. The summed E-state index contributed by atoms with van der Waals surface area (Å²) in [6.07, 6.45) is -0.545. The molecule has 3 heteroatoms. The summed E-state index contributed by atoms with van der Waals surface area (Å²) < 4.78 is 23.7. The van der Waals surface area contributed by atoms with Crippen LogP contribution in [0.25, 0.3) is 0 Å². The zero-order chi connectivity index (χ0) is 6.91. The van der Waals surface area contributed by atoms with Crippen molar-refractivity contribution in [3.63, 3.8) is 0 Å². The Labute approximate surface area is 52.7 Å². The highest BCUT2D eigenvalue weighted by Gasteiger charge is 2.39. The van der Waals surface area contributed by atoms with Gasteiger partial charge in [0.15, 0.2) is 0 Å². The molecule has 0 bridgehead atoms. The lowest BCUT2D eigenvalue weighted by atomic mass is 10.0. The van der Waals surface area contributed by atoms with Crippen molar-refractivity contribution in [2.45, 2.75) is 37.7 Å². The first kappa shape index (κ1) is 6.93. The van der Waals surface area contributed by atoms with E-state index in [0.717, 1.165) is 12.8 Å². The molecule has 9 heavy (non-hydrogen) atoms. The minimum atomic E-state index is -2.56. The summed E-state index contributed by atoms with van der Waals surface area (Å²) in [5.41, 5.74) is -1.64. The summed E-state index contributed by atoms with van der Waals surface area (Å²) in [5.74, 6) is 0. The molecule has 0 heterocycles. The maximum absolute atomic E-state index is 11.9. The lowest BCUT2D eigenvalue weighted by Gasteiger charge is -2.19. The fourth-order valence-electron chi connectivity index (χ4n) is 1.21. The maximum Gasteiger partial charge on any atom is 0.266 e. The SMILES string of the molecule is OC1(C(F)F)CCCC1. The van der Waals surface area contributed by atoms with Crippen molar-refractivity contribution >= 4 is 0 Å². The van der Waals surface area contributed by atoms with Gasteiger partial charge in [-0.1, -0.05) is 12.8 Å². The van der Waals surface area contributed by atoms with E-state index in [1.807, 2.05) is 0 Å². The minimum absolute atomic E-state index is 0.269. The normalized spacial score (nSPS) is 25.3. The summed E-state index contributed by atoms with van der Waals surface area (Å²) >= 11 is 0. The van der Waals surface area contributed by atoms with Crippen LogP contribution in [0.15, 0.2) is 0 Å². The topological polar surface area (TPSA) is 20.2 Å². The molecule has 1 nitrogen and oxygen atoms in total. The summed E-state index contributed by atoms with van der Waals surface area (Å²) in [5, 5.41) is 9.02. The van der Waals surface area contributed by atoms with Gasteiger partial charge in [-0.05, 0) is 12.8 Å². The smallest absolute Gasteiger partial charge is 0.266 e. The highest BCUT2D eigenvalue weighted by atomic mass is 19.3. The Morgan fingerprint density at radius 1 is 1.22 bits per heavy atom. The molecule has 1 N–H and O–H groups in total. The Hall–Kier alpha value is -0.180. The second-order valence-corrected chi connectivity index (χ2v) is 2.61. The summed E-state index contributed by atoms with van der Waals surface area (Å²) in [4.78, 5) is 0. The number of hydrogen-bond donors (Lipinski definition) is 1. The van der Waals surface area contributed by atoms with Gasteiger partial charge in [0, 0.05) is 0 Å². The van der Waals surface area contributed by atoms with Crippen molar-refractivity contribution in [2.24, 2.45) is 0 Å². The number of aliphatic hydroxyl groups is 1. The van der Waals surface area contributed by atoms with Crippen LogP contribution in [0, 0.1) is 0 Å².